The molecule has 0 aliphatic heterocycles. The average Bonchev–Trinajstić information content (AvgIpc) is 2.29. The number of carbonyl (C=O) groups is 1. The number of halogens is 3. The summed E-state index contributed by atoms with van der Waals surface area (Å²) in [4.78, 5) is 10.6. The van der Waals surface area contributed by atoms with Crippen LogP contribution >= 0.6 is 15.9 Å². The van der Waals surface area contributed by atoms with Gasteiger partial charge in [-0.2, -0.15) is 0 Å². The van der Waals surface area contributed by atoms with Gasteiger partial charge in [-0.1, -0.05) is 6.92 Å². The van der Waals surface area contributed by atoms with Crippen molar-refractivity contribution in [2.45, 2.75) is 19.8 Å². The van der Waals surface area contributed by atoms with Crippen LogP contribution in [0, 0.1) is 17.6 Å². The molecular weight excluding hydrogens is 308 g/mol. The van der Waals surface area contributed by atoms with Crippen LogP contribution in [-0.4, -0.2) is 12.5 Å². The maximum absolute atomic E-state index is 13.5. The molecule has 1 atom stereocenters. The first-order valence-electron chi connectivity index (χ1n) is 5.45. The molecule has 0 spiro atoms. The zero-order valence-corrected chi connectivity index (χ0v) is 11.5. The molecule has 1 aromatic carbocycles. The second kappa shape index (κ2) is 6.68. The average molecular weight is 322 g/mol. The van der Waals surface area contributed by atoms with Crippen LogP contribution in [0.2, 0.25) is 0 Å². The van der Waals surface area contributed by atoms with Gasteiger partial charge in [0.2, 0.25) is 5.91 Å². The minimum absolute atomic E-state index is 0.0160. The molecule has 100 valence electrons. The molecule has 0 radical (unpaired) electrons. The third kappa shape index (κ3) is 4.60. The topological polar surface area (TPSA) is 52.3 Å². The molecular formula is C12H14BrF2NO2. The number of nitrogens with two attached hydrogens (primary N) is 1. The van der Waals surface area contributed by atoms with E-state index in [1.807, 2.05) is 6.92 Å². The molecule has 0 bridgehead atoms. The van der Waals surface area contributed by atoms with Crippen LogP contribution in [0.5, 0.6) is 5.75 Å². The molecule has 0 unspecified atom stereocenters. The van der Waals surface area contributed by atoms with E-state index in [9.17, 15) is 13.6 Å². The van der Waals surface area contributed by atoms with Gasteiger partial charge < -0.3 is 10.5 Å². The van der Waals surface area contributed by atoms with E-state index in [1.54, 1.807) is 0 Å². The lowest BCUT2D eigenvalue weighted by atomic mass is 10.1. The van der Waals surface area contributed by atoms with Gasteiger partial charge in [-0.25, -0.2) is 8.78 Å². The highest BCUT2D eigenvalue weighted by molar-refractivity contribution is 9.10. The molecule has 1 aromatic rings. The number of hydrogen-bond donors (Lipinski definition) is 1. The monoisotopic (exact) mass is 321 g/mol. The second-order valence-corrected chi connectivity index (χ2v) is 4.98. The Morgan fingerprint density at radius 2 is 2.17 bits per heavy atom. The Morgan fingerprint density at radius 1 is 1.50 bits per heavy atom. The van der Waals surface area contributed by atoms with E-state index in [2.05, 4.69) is 15.9 Å². The quantitative estimate of drug-likeness (QED) is 0.819. The molecule has 18 heavy (non-hydrogen) atoms. The molecule has 0 heterocycles. The van der Waals surface area contributed by atoms with Crippen molar-refractivity contribution in [3.8, 4) is 5.75 Å². The summed E-state index contributed by atoms with van der Waals surface area (Å²) >= 11 is 2.90. The van der Waals surface area contributed by atoms with Gasteiger partial charge in [0.05, 0.1) is 11.1 Å². The van der Waals surface area contributed by atoms with E-state index in [0.29, 0.717) is 6.42 Å². The van der Waals surface area contributed by atoms with Gasteiger partial charge in [0.15, 0.2) is 11.6 Å². The van der Waals surface area contributed by atoms with E-state index in [4.69, 9.17) is 10.5 Å². The van der Waals surface area contributed by atoms with Crippen molar-refractivity contribution in [2.75, 3.05) is 6.61 Å². The summed E-state index contributed by atoms with van der Waals surface area (Å²) in [5.74, 6) is -1.73. The molecule has 0 saturated carbocycles. The van der Waals surface area contributed by atoms with Gasteiger partial charge in [0.25, 0.3) is 0 Å². The highest BCUT2D eigenvalue weighted by Crippen LogP contribution is 2.27. The number of hydrogen-bond acceptors (Lipinski definition) is 2. The van der Waals surface area contributed by atoms with Crippen LogP contribution in [0.1, 0.15) is 19.8 Å². The summed E-state index contributed by atoms with van der Waals surface area (Å²) in [6, 6.07) is 2.01. The van der Waals surface area contributed by atoms with Gasteiger partial charge in [0.1, 0.15) is 5.82 Å². The Hall–Kier alpha value is -1.17. The summed E-state index contributed by atoms with van der Waals surface area (Å²) < 4.78 is 31.8. The highest BCUT2D eigenvalue weighted by Gasteiger charge is 2.12. The van der Waals surface area contributed by atoms with Crippen molar-refractivity contribution < 1.29 is 18.3 Å². The first kappa shape index (κ1) is 14.9. The van der Waals surface area contributed by atoms with Gasteiger partial charge in [-0.3, -0.25) is 4.79 Å². The Kier molecular flexibility index (Phi) is 5.53. The number of amides is 1. The lowest BCUT2D eigenvalue weighted by Gasteiger charge is -2.13. The zero-order valence-electron chi connectivity index (χ0n) is 9.88. The first-order valence-corrected chi connectivity index (χ1v) is 6.25. The van der Waals surface area contributed by atoms with E-state index in [-0.39, 0.29) is 35.1 Å². The number of rotatable bonds is 6. The van der Waals surface area contributed by atoms with Gasteiger partial charge in [0, 0.05) is 12.5 Å². The molecule has 2 N–H and O–H groups in total. The molecule has 1 amide bonds. The molecule has 0 fully saturated rings. The summed E-state index contributed by atoms with van der Waals surface area (Å²) in [7, 11) is 0. The number of primary amides is 1. The molecule has 0 aromatic heterocycles. The van der Waals surface area contributed by atoms with Crippen LogP contribution in [0.4, 0.5) is 8.78 Å². The molecule has 0 aliphatic carbocycles. The molecule has 0 aliphatic rings. The fraction of sp³-hybridized carbons (Fsp3) is 0.417. The van der Waals surface area contributed by atoms with Crippen LogP contribution in [-0.2, 0) is 4.79 Å². The predicted molar refractivity (Wildman–Crippen MR) is 67.1 cm³/mol. The molecule has 6 heteroatoms. The van der Waals surface area contributed by atoms with Crippen LogP contribution in [0.3, 0.4) is 0 Å². The SMILES string of the molecule is C[C@@H](CCC(N)=O)COc1cc(F)cc(Br)c1F. The normalized spacial score (nSPS) is 12.2. The first-order chi connectivity index (χ1) is 8.40. The smallest absolute Gasteiger partial charge is 0.217 e. The fourth-order valence-electron chi connectivity index (χ4n) is 1.34. The van der Waals surface area contributed by atoms with Crippen molar-refractivity contribution in [3.05, 3.63) is 28.2 Å². The predicted octanol–water partition coefficient (Wildman–Crippen LogP) is 3.01. The van der Waals surface area contributed by atoms with Crippen molar-refractivity contribution in [1.82, 2.24) is 0 Å². The Morgan fingerprint density at radius 3 is 2.78 bits per heavy atom. The Balaban J connectivity index is 2.55. The maximum atomic E-state index is 13.5. The highest BCUT2D eigenvalue weighted by atomic mass is 79.9. The minimum Gasteiger partial charge on any atom is -0.490 e. The number of ether oxygens (including phenoxy) is 1. The van der Waals surface area contributed by atoms with Crippen molar-refractivity contribution in [3.63, 3.8) is 0 Å². The van der Waals surface area contributed by atoms with Crippen LogP contribution in [0.25, 0.3) is 0 Å². The lowest BCUT2D eigenvalue weighted by molar-refractivity contribution is -0.118. The minimum atomic E-state index is -0.640. The fourth-order valence-corrected chi connectivity index (χ4v) is 1.76. The van der Waals surface area contributed by atoms with Gasteiger partial charge >= 0.3 is 0 Å². The second-order valence-electron chi connectivity index (χ2n) is 4.12. The van der Waals surface area contributed by atoms with Gasteiger partial charge in [-0.05, 0) is 34.3 Å². The lowest BCUT2D eigenvalue weighted by Crippen LogP contribution is -2.15. The van der Waals surface area contributed by atoms with Crippen molar-refractivity contribution >= 4 is 21.8 Å². The van der Waals surface area contributed by atoms with Gasteiger partial charge in [-0.15, -0.1) is 0 Å². The Labute approximate surface area is 112 Å². The Bertz CT molecular complexity index is 440. The summed E-state index contributed by atoms with van der Waals surface area (Å²) in [5, 5.41) is 0. The number of benzene rings is 1. The third-order valence-electron chi connectivity index (χ3n) is 2.37. The maximum Gasteiger partial charge on any atom is 0.217 e. The van der Waals surface area contributed by atoms with Crippen molar-refractivity contribution in [2.24, 2.45) is 11.7 Å². The largest absolute Gasteiger partial charge is 0.490 e. The summed E-state index contributed by atoms with van der Waals surface area (Å²) in [6.45, 7) is 2.04. The summed E-state index contributed by atoms with van der Waals surface area (Å²) in [5.41, 5.74) is 5.02. The van der Waals surface area contributed by atoms with E-state index < -0.39 is 11.6 Å². The molecule has 0 saturated heterocycles. The van der Waals surface area contributed by atoms with Crippen LogP contribution < -0.4 is 10.5 Å². The van der Waals surface area contributed by atoms with E-state index >= 15 is 0 Å². The van der Waals surface area contributed by atoms with Crippen LogP contribution in [0.15, 0.2) is 16.6 Å². The van der Waals surface area contributed by atoms with E-state index in [0.717, 1.165) is 12.1 Å². The van der Waals surface area contributed by atoms with Crippen molar-refractivity contribution in [1.29, 1.82) is 0 Å². The van der Waals surface area contributed by atoms with E-state index in [1.165, 1.54) is 0 Å². The number of carbonyl (C=O) groups excluding carboxylic acids is 1. The third-order valence-corrected chi connectivity index (χ3v) is 2.94. The standard InChI is InChI=1S/C12H14BrF2NO2/c1-7(2-3-11(16)17)6-18-10-5-8(14)4-9(13)12(10)15/h4-5,7H,2-3,6H2,1H3,(H2,16,17)/t7-/m0/s1. The molecule has 3 nitrogen and oxygen atoms in total. The summed E-state index contributed by atoms with van der Waals surface area (Å²) in [6.07, 6.45) is 0.799. The zero-order chi connectivity index (χ0) is 13.7. The molecule has 1 rings (SSSR count).